The van der Waals surface area contributed by atoms with Crippen LogP contribution in [0.25, 0.3) is 0 Å². The first-order chi connectivity index (χ1) is 19.4. The van der Waals surface area contributed by atoms with Crippen LogP contribution in [0.2, 0.25) is 0 Å². The van der Waals surface area contributed by atoms with Gasteiger partial charge in [-0.05, 0) is 63.6 Å². The zero-order valence-corrected chi connectivity index (χ0v) is 24.7. The molecule has 41 heavy (non-hydrogen) atoms. The minimum Gasteiger partial charge on any atom is -0.497 e. The van der Waals surface area contributed by atoms with E-state index in [1.54, 1.807) is 27.9 Å². The number of ether oxygens (including phenoxy) is 2. The molecule has 2 unspecified atom stereocenters. The molecule has 5 N–H and O–H groups in total. The summed E-state index contributed by atoms with van der Waals surface area (Å²) in [5.74, 6) is -1.18. The predicted octanol–water partition coefficient (Wildman–Crippen LogP) is 3.32. The monoisotopic (exact) mass is 577 g/mol. The summed E-state index contributed by atoms with van der Waals surface area (Å²) >= 11 is 0. The molecule has 0 heterocycles. The van der Waals surface area contributed by atoms with E-state index in [0.29, 0.717) is 18.8 Å². The third-order valence-corrected chi connectivity index (χ3v) is 7.04. The van der Waals surface area contributed by atoms with Gasteiger partial charge in [0.25, 0.3) is 0 Å². The summed E-state index contributed by atoms with van der Waals surface area (Å²) in [5.41, 5.74) is 0.252. The van der Waals surface area contributed by atoms with Crippen LogP contribution in [0.15, 0.2) is 24.3 Å². The van der Waals surface area contributed by atoms with Gasteiger partial charge in [-0.25, -0.2) is 4.79 Å². The Hall–Kier alpha value is -3.34. The van der Waals surface area contributed by atoms with Crippen molar-refractivity contribution in [3.63, 3.8) is 0 Å². The second-order valence-electron chi connectivity index (χ2n) is 11.7. The molecule has 1 aliphatic carbocycles. The van der Waals surface area contributed by atoms with Gasteiger partial charge in [0.1, 0.15) is 17.4 Å². The van der Waals surface area contributed by atoms with Gasteiger partial charge in [-0.1, -0.05) is 44.2 Å². The standard InChI is InChI=1S/C30H47N3O8/c1-30(2,3)41-29(39)33-24(18-21-8-6-5-7-9-21)25(34)19-26(35)32-23(14-15-27(36)37)28(38)31-17-16-20-10-12-22(40-4)13-11-20/h10-13,21,23-25,34H,5-9,14-19H2,1-4H3,(H,31,38)(H,32,35)(H,33,39)(H,36,37)/t23-,24?,25?/m0/s1. The van der Waals surface area contributed by atoms with E-state index in [4.69, 9.17) is 14.6 Å². The number of rotatable bonds is 15. The summed E-state index contributed by atoms with van der Waals surface area (Å²) in [7, 11) is 1.58. The quantitative estimate of drug-likeness (QED) is 0.212. The molecule has 2 rings (SSSR count). The number of hydrogen-bond acceptors (Lipinski definition) is 7. The van der Waals surface area contributed by atoms with Gasteiger partial charge < -0.3 is 35.6 Å². The number of benzene rings is 1. The van der Waals surface area contributed by atoms with Crippen molar-refractivity contribution in [2.75, 3.05) is 13.7 Å². The number of aliphatic hydroxyl groups excluding tert-OH is 1. The molecule has 1 fully saturated rings. The zero-order valence-electron chi connectivity index (χ0n) is 24.7. The normalized spacial score (nSPS) is 16.1. The van der Waals surface area contributed by atoms with Gasteiger partial charge in [0, 0.05) is 13.0 Å². The van der Waals surface area contributed by atoms with E-state index in [9.17, 15) is 24.3 Å². The lowest BCUT2D eigenvalue weighted by Gasteiger charge is -2.31. The molecule has 0 aliphatic heterocycles. The average molecular weight is 578 g/mol. The Balaban J connectivity index is 1.99. The van der Waals surface area contributed by atoms with Crippen molar-refractivity contribution >= 4 is 23.9 Å². The molecule has 230 valence electrons. The first kappa shape index (κ1) is 33.9. The van der Waals surface area contributed by atoms with Crippen LogP contribution >= 0.6 is 0 Å². The number of aliphatic hydroxyl groups is 1. The number of amides is 3. The third kappa shape index (κ3) is 13.7. The van der Waals surface area contributed by atoms with E-state index in [0.717, 1.165) is 43.4 Å². The molecule has 0 saturated heterocycles. The molecular weight excluding hydrogens is 530 g/mol. The summed E-state index contributed by atoms with van der Waals surface area (Å²) in [4.78, 5) is 49.5. The zero-order chi connectivity index (χ0) is 30.4. The molecule has 0 spiro atoms. The molecule has 1 aromatic carbocycles. The Kier molecular flexibility index (Phi) is 13.9. The van der Waals surface area contributed by atoms with E-state index in [1.807, 2.05) is 24.3 Å². The van der Waals surface area contributed by atoms with E-state index >= 15 is 0 Å². The summed E-state index contributed by atoms with van der Waals surface area (Å²) in [6.07, 6.45) is 3.65. The summed E-state index contributed by atoms with van der Waals surface area (Å²) in [6, 6.07) is 5.59. The number of hydrogen-bond donors (Lipinski definition) is 5. The van der Waals surface area contributed by atoms with Gasteiger partial charge in [0.05, 0.1) is 25.7 Å². The maximum atomic E-state index is 12.9. The Morgan fingerprint density at radius 3 is 2.27 bits per heavy atom. The van der Waals surface area contributed by atoms with Gasteiger partial charge in [-0.15, -0.1) is 0 Å². The van der Waals surface area contributed by atoms with Crippen LogP contribution in [-0.4, -0.2) is 71.5 Å². The molecule has 11 heteroatoms. The van der Waals surface area contributed by atoms with Gasteiger partial charge in [-0.2, -0.15) is 0 Å². The van der Waals surface area contributed by atoms with Gasteiger partial charge in [0.15, 0.2) is 0 Å². The number of methoxy groups -OCH3 is 1. The number of nitrogens with one attached hydrogen (secondary N) is 3. The number of carboxylic acids is 1. The van der Waals surface area contributed by atoms with E-state index in [1.165, 1.54) is 0 Å². The van der Waals surface area contributed by atoms with Crippen LogP contribution in [-0.2, 0) is 25.5 Å². The topological polar surface area (TPSA) is 163 Å². The molecule has 0 radical (unpaired) electrons. The lowest BCUT2D eigenvalue weighted by atomic mass is 9.83. The van der Waals surface area contributed by atoms with E-state index < -0.39 is 47.7 Å². The van der Waals surface area contributed by atoms with Gasteiger partial charge >= 0.3 is 12.1 Å². The Labute approximate surface area is 242 Å². The number of carboxylic acid groups (broad SMARTS) is 1. The van der Waals surface area contributed by atoms with E-state index in [2.05, 4.69) is 16.0 Å². The average Bonchev–Trinajstić information content (AvgIpc) is 2.90. The highest BCUT2D eigenvalue weighted by Crippen LogP contribution is 2.28. The van der Waals surface area contributed by atoms with Crippen LogP contribution in [0.3, 0.4) is 0 Å². The fourth-order valence-electron chi connectivity index (χ4n) is 4.92. The van der Waals surface area contributed by atoms with Crippen LogP contribution in [0, 0.1) is 5.92 Å². The minimum absolute atomic E-state index is 0.104. The van der Waals surface area contributed by atoms with Crippen molar-refractivity contribution in [3.8, 4) is 5.75 Å². The number of carbonyl (C=O) groups excluding carboxylic acids is 3. The van der Waals surface area contributed by atoms with Crippen LogP contribution < -0.4 is 20.7 Å². The molecular formula is C30H47N3O8. The highest BCUT2D eigenvalue weighted by Gasteiger charge is 2.30. The lowest BCUT2D eigenvalue weighted by molar-refractivity contribution is -0.138. The fourth-order valence-corrected chi connectivity index (χ4v) is 4.92. The SMILES string of the molecule is COc1ccc(CCNC(=O)[C@H](CCC(=O)O)NC(=O)CC(O)C(CC2CCCCC2)NC(=O)OC(C)(C)C)cc1. The maximum absolute atomic E-state index is 12.9. The summed E-state index contributed by atoms with van der Waals surface area (Å²) in [5, 5.41) is 28.2. The van der Waals surface area contributed by atoms with Crippen molar-refractivity contribution in [2.45, 2.75) is 109 Å². The van der Waals surface area contributed by atoms with Crippen molar-refractivity contribution < 1.29 is 38.9 Å². The van der Waals surface area contributed by atoms with Gasteiger partial charge in [0.2, 0.25) is 11.8 Å². The Bertz CT molecular complexity index is 986. The Morgan fingerprint density at radius 1 is 1.02 bits per heavy atom. The number of aliphatic carboxylic acids is 1. The third-order valence-electron chi connectivity index (χ3n) is 7.04. The summed E-state index contributed by atoms with van der Waals surface area (Å²) < 4.78 is 10.5. The van der Waals surface area contributed by atoms with Crippen LogP contribution in [0.5, 0.6) is 5.75 Å². The van der Waals surface area contributed by atoms with E-state index in [-0.39, 0.29) is 25.8 Å². The molecule has 1 saturated carbocycles. The summed E-state index contributed by atoms with van der Waals surface area (Å²) in [6.45, 7) is 5.51. The molecule has 3 atom stereocenters. The Morgan fingerprint density at radius 2 is 1.68 bits per heavy atom. The van der Waals surface area contributed by atoms with Crippen LogP contribution in [0.1, 0.15) is 84.1 Å². The predicted molar refractivity (Wildman–Crippen MR) is 153 cm³/mol. The second kappa shape index (κ2) is 16.8. The fraction of sp³-hybridized carbons (Fsp3) is 0.667. The maximum Gasteiger partial charge on any atom is 0.407 e. The van der Waals surface area contributed by atoms with Crippen molar-refractivity contribution in [2.24, 2.45) is 5.92 Å². The molecule has 11 nitrogen and oxygen atoms in total. The van der Waals surface area contributed by atoms with Crippen molar-refractivity contribution in [1.29, 1.82) is 0 Å². The molecule has 0 aromatic heterocycles. The van der Waals surface area contributed by atoms with Crippen LogP contribution in [0.4, 0.5) is 4.79 Å². The minimum atomic E-state index is -1.22. The first-order valence-electron chi connectivity index (χ1n) is 14.5. The molecule has 1 aromatic rings. The van der Waals surface area contributed by atoms with Crippen molar-refractivity contribution in [1.82, 2.24) is 16.0 Å². The lowest BCUT2D eigenvalue weighted by Crippen LogP contribution is -2.51. The molecule has 1 aliphatic rings. The highest BCUT2D eigenvalue weighted by molar-refractivity contribution is 5.88. The van der Waals surface area contributed by atoms with Gasteiger partial charge in [-0.3, -0.25) is 14.4 Å². The first-order valence-corrected chi connectivity index (χ1v) is 14.5. The van der Waals surface area contributed by atoms with Crippen molar-refractivity contribution in [3.05, 3.63) is 29.8 Å². The smallest absolute Gasteiger partial charge is 0.407 e. The molecule has 0 bridgehead atoms. The second-order valence-corrected chi connectivity index (χ2v) is 11.7. The number of alkyl carbamates (subject to hydrolysis) is 1. The largest absolute Gasteiger partial charge is 0.497 e. The number of carbonyl (C=O) groups is 4. The molecule has 3 amide bonds. The highest BCUT2D eigenvalue weighted by atomic mass is 16.6.